The number of fused-ring (bicyclic) bond motifs is 2. The van der Waals surface area contributed by atoms with Gasteiger partial charge in [-0.2, -0.15) is 8.42 Å². The van der Waals surface area contributed by atoms with Gasteiger partial charge in [-0.05, 0) is 57.2 Å². The number of carbonyl (C=O) groups excluding carboxylic acids is 1. The number of rotatable bonds is 7. The third-order valence-corrected chi connectivity index (χ3v) is 10.1. The highest BCUT2D eigenvalue weighted by atomic mass is 79.9. The highest BCUT2D eigenvalue weighted by Crippen LogP contribution is 2.64. The van der Waals surface area contributed by atoms with Crippen molar-refractivity contribution in [3.8, 4) is 0 Å². The first-order chi connectivity index (χ1) is 15.8. The fourth-order valence-corrected chi connectivity index (χ4v) is 8.30. The molecule has 1 aromatic rings. The zero-order valence-electron chi connectivity index (χ0n) is 18.3. The fourth-order valence-electron chi connectivity index (χ4n) is 5.43. The summed E-state index contributed by atoms with van der Waals surface area (Å²) in [4.78, 5) is 30.9. The van der Waals surface area contributed by atoms with Crippen molar-refractivity contribution in [2.24, 2.45) is 26.7 Å². The quantitative estimate of drug-likeness (QED) is 0.249. The molecule has 2 saturated carbocycles. The molecule has 2 aliphatic carbocycles. The number of hydrogen-bond donors (Lipinski definition) is 0. The molecule has 0 spiro atoms. The molecule has 13 heteroatoms. The van der Waals surface area contributed by atoms with Gasteiger partial charge < -0.3 is 10.1 Å². The van der Waals surface area contributed by atoms with Crippen LogP contribution in [0.25, 0.3) is 0 Å². The number of Topliss-reactive ketones (excluding diaryl/α,β-unsaturated/α-hetero) is 1. The predicted octanol–water partition coefficient (Wildman–Crippen LogP) is 4.97. The van der Waals surface area contributed by atoms with Gasteiger partial charge in [-0.1, -0.05) is 53.1 Å². The Bertz CT molecular complexity index is 1230. The van der Waals surface area contributed by atoms with E-state index in [9.17, 15) is 23.3 Å². The van der Waals surface area contributed by atoms with Crippen LogP contribution in [0.2, 0.25) is 10.0 Å². The minimum Gasteiger partial charge on any atom is -0.390 e. The molecule has 1 aromatic carbocycles. The van der Waals surface area contributed by atoms with Gasteiger partial charge in [0, 0.05) is 28.5 Å². The Kier molecular flexibility index (Phi) is 6.74. The smallest absolute Gasteiger partial charge is 0.390 e. The van der Waals surface area contributed by atoms with Crippen molar-refractivity contribution in [3.63, 3.8) is 0 Å². The molecule has 1 heterocycles. The number of benzene rings is 1. The number of ketones is 1. The zero-order valence-corrected chi connectivity index (χ0v) is 22.2. The molecule has 0 N–H and O–H groups in total. The molecule has 9 nitrogen and oxygen atoms in total. The summed E-state index contributed by atoms with van der Waals surface area (Å²) in [5, 5.41) is 11.6. The molecule has 1 aliphatic heterocycles. The lowest BCUT2D eigenvalue weighted by atomic mass is 9.70. The van der Waals surface area contributed by atoms with E-state index in [1.165, 1.54) is 12.1 Å². The lowest BCUT2D eigenvalue weighted by molar-refractivity contribution is -0.351. The summed E-state index contributed by atoms with van der Waals surface area (Å²) in [6.45, 7) is 3.89. The number of hydrogen-bond acceptors (Lipinski definition) is 8. The van der Waals surface area contributed by atoms with E-state index in [0.717, 1.165) is 6.42 Å². The maximum atomic E-state index is 13.4. The minimum absolute atomic E-state index is 0.0482. The Morgan fingerprint density at radius 3 is 2.59 bits per heavy atom. The first-order valence-corrected chi connectivity index (χ1v) is 13.7. The number of carbonyl (C=O) groups is 1. The van der Waals surface area contributed by atoms with E-state index in [1.54, 1.807) is 6.07 Å². The van der Waals surface area contributed by atoms with E-state index in [2.05, 4.69) is 25.9 Å². The summed E-state index contributed by atoms with van der Waals surface area (Å²) < 4.78 is 32.6. The molecular formula is C21H22BrCl2N3O6S. The van der Waals surface area contributed by atoms with Crippen molar-refractivity contribution in [1.82, 2.24) is 0 Å². The Hall–Kier alpha value is -1.40. The van der Waals surface area contributed by atoms with Crippen LogP contribution in [0, 0.1) is 26.9 Å². The normalized spacial score (nSPS) is 28.7. The van der Waals surface area contributed by atoms with Crippen molar-refractivity contribution in [1.29, 1.82) is 0 Å². The van der Waals surface area contributed by atoms with Crippen LogP contribution in [0.15, 0.2) is 28.2 Å². The lowest BCUT2D eigenvalue weighted by Gasteiger charge is -2.36. The number of nitro groups is 1. The molecule has 3 aliphatic rings. The summed E-state index contributed by atoms with van der Waals surface area (Å²) >= 11 is 15.5. The van der Waals surface area contributed by atoms with E-state index in [4.69, 9.17) is 27.4 Å². The standard InChI is InChI=1S/C21H22BrCl2N3O6S/c1-20(2)11-5-6-21(20,17(28)7-11)10-34(31,32)33-16(13-4-3-12(23)8-14(13)24)9-15-18(22)26-19(25-15)27(29)30/h3-4,8,11,15-16H,5-7,9-10H2,1-2H3. The van der Waals surface area contributed by atoms with Crippen molar-refractivity contribution in [2.45, 2.75) is 51.7 Å². The molecule has 0 radical (unpaired) electrons. The molecule has 2 bridgehead atoms. The van der Waals surface area contributed by atoms with Crippen LogP contribution >= 0.6 is 39.1 Å². The molecule has 4 rings (SSSR count). The van der Waals surface area contributed by atoms with Crippen LogP contribution in [-0.4, -0.2) is 41.5 Å². The minimum atomic E-state index is -4.23. The van der Waals surface area contributed by atoms with Crippen LogP contribution in [0.5, 0.6) is 0 Å². The summed E-state index contributed by atoms with van der Waals surface area (Å²) in [7, 11) is -4.23. The summed E-state index contributed by atoms with van der Waals surface area (Å²) in [5.74, 6) is -0.923. The molecule has 2 fully saturated rings. The zero-order chi connectivity index (χ0) is 25.1. The maximum absolute atomic E-state index is 13.4. The number of nitrogens with zero attached hydrogens (tertiary/aromatic N) is 3. The van der Waals surface area contributed by atoms with Gasteiger partial charge in [-0.3, -0.25) is 8.98 Å². The Labute approximate surface area is 215 Å². The van der Waals surface area contributed by atoms with Crippen molar-refractivity contribution in [3.05, 3.63) is 43.9 Å². The SMILES string of the molecule is CC1(C)C2CCC1(CS(=O)(=O)OC(CC1N=C([N+](=O)[O-])N=C1Br)c1ccc(Cl)cc1Cl)C(=O)C2. The maximum Gasteiger partial charge on any atom is 0.465 e. The van der Waals surface area contributed by atoms with Crippen LogP contribution in [0.4, 0.5) is 0 Å². The van der Waals surface area contributed by atoms with Gasteiger partial charge in [0.2, 0.25) is 4.62 Å². The number of aliphatic imine (C=N–C) groups is 2. The molecule has 0 amide bonds. The second kappa shape index (κ2) is 8.92. The van der Waals surface area contributed by atoms with Gasteiger partial charge in [0.15, 0.2) is 6.04 Å². The van der Waals surface area contributed by atoms with Crippen molar-refractivity contribution in [2.75, 3.05) is 5.75 Å². The second-order valence-corrected chi connectivity index (χ2v) is 12.7. The second-order valence-electron chi connectivity index (χ2n) is 9.49. The predicted molar refractivity (Wildman–Crippen MR) is 132 cm³/mol. The van der Waals surface area contributed by atoms with E-state index in [0.29, 0.717) is 23.4 Å². The highest BCUT2D eigenvalue weighted by molar-refractivity contribution is 9.18. The van der Waals surface area contributed by atoms with Gasteiger partial charge in [0.05, 0.1) is 11.2 Å². The largest absolute Gasteiger partial charge is 0.465 e. The average Bonchev–Trinajstić information content (AvgIpc) is 3.25. The summed E-state index contributed by atoms with van der Waals surface area (Å²) in [6.07, 6.45) is 0.444. The Balaban J connectivity index is 1.65. The number of guanidine groups is 1. The van der Waals surface area contributed by atoms with Crippen molar-refractivity contribution < 1.29 is 22.3 Å². The average molecular weight is 595 g/mol. The monoisotopic (exact) mass is 593 g/mol. The first kappa shape index (κ1) is 25.7. The fraction of sp³-hybridized carbons (Fsp3) is 0.571. The first-order valence-electron chi connectivity index (χ1n) is 10.6. The molecular weight excluding hydrogens is 573 g/mol. The summed E-state index contributed by atoms with van der Waals surface area (Å²) in [5.41, 5.74) is -1.13. The summed E-state index contributed by atoms with van der Waals surface area (Å²) in [6, 6.07) is 3.69. The molecule has 4 atom stereocenters. The molecule has 34 heavy (non-hydrogen) atoms. The van der Waals surface area contributed by atoms with Crippen LogP contribution < -0.4 is 0 Å². The number of halogens is 3. The van der Waals surface area contributed by atoms with Crippen LogP contribution in [0.1, 0.15) is 51.2 Å². The van der Waals surface area contributed by atoms with Crippen LogP contribution in [0.3, 0.4) is 0 Å². The Morgan fingerprint density at radius 1 is 1.35 bits per heavy atom. The lowest BCUT2D eigenvalue weighted by Crippen LogP contribution is -2.42. The van der Waals surface area contributed by atoms with E-state index in [-0.39, 0.29) is 27.8 Å². The van der Waals surface area contributed by atoms with Gasteiger partial charge in [0.25, 0.3) is 10.1 Å². The van der Waals surface area contributed by atoms with Gasteiger partial charge >= 0.3 is 5.96 Å². The highest BCUT2D eigenvalue weighted by Gasteiger charge is 2.65. The van der Waals surface area contributed by atoms with Gasteiger partial charge in [-0.25, -0.2) is 0 Å². The van der Waals surface area contributed by atoms with Gasteiger partial charge in [0.1, 0.15) is 11.9 Å². The van der Waals surface area contributed by atoms with E-state index < -0.39 is 49.7 Å². The Morgan fingerprint density at radius 2 is 2.06 bits per heavy atom. The van der Waals surface area contributed by atoms with E-state index in [1.807, 2.05) is 13.8 Å². The van der Waals surface area contributed by atoms with E-state index >= 15 is 0 Å². The molecule has 184 valence electrons. The third kappa shape index (κ3) is 4.45. The third-order valence-electron chi connectivity index (χ3n) is 7.49. The van der Waals surface area contributed by atoms with Gasteiger partial charge in [-0.15, -0.1) is 0 Å². The molecule has 4 unspecified atom stereocenters. The van der Waals surface area contributed by atoms with Crippen LogP contribution in [-0.2, 0) is 19.1 Å². The molecule has 0 saturated heterocycles. The topological polar surface area (TPSA) is 128 Å². The van der Waals surface area contributed by atoms with Crippen molar-refractivity contribution >= 4 is 65.6 Å². The molecule has 0 aromatic heterocycles.